The first-order valence-corrected chi connectivity index (χ1v) is 13.6. The number of rotatable bonds is 20. The van der Waals surface area contributed by atoms with Crippen LogP contribution in [0.3, 0.4) is 0 Å². The second-order valence-electron chi connectivity index (χ2n) is 9.39. The third-order valence-corrected chi connectivity index (χ3v) is 6.58. The molecule has 1 amide bonds. The van der Waals surface area contributed by atoms with E-state index in [4.69, 9.17) is 4.98 Å². The number of unbranched alkanes of at least 4 members (excludes halogenated alkanes) is 15. The molecular formula is C29H47N3O. The number of amides is 1. The Balaban J connectivity index is 1.53. The van der Waals surface area contributed by atoms with Crippen LogP contribution in [-0.2, 0) is 17.9 Å². The zero-order valence-corrected chi connectivity index (χ0v) is 21.1. The van der Waals surface area contributed by atoms with E-state index in [1.54, 1.807) is 0 Å². The van der Waals surface area contributed by atoms with Crippen molar-refractivity contribution in [3.8, 4) is 0 Å². The molecule has 1 aromatic heterocycles. The Kier molecular flexibility index (Phi) is 14.3. The number of hydrogen-bond donors (Lipinski definition) is 1. The summed E-state index contributed by atoms with van der Waals surface area (Å²) in [7, 11) is 0. The van der Waals surface area contributed by atoms with Crippen LogP contribution in [0.5, 0.6) is 0 Å². The molecule has 1 N–H and O–H groups in total. The fourth-order valence-corrected chi connectivity index (χ4v) is 4.57. The van der Waals surface area contributed by atoms with Gasteiger partial charge in [-0.25, -0.2) is 4.98 Å². The summed E-state index contributed by atoms with van der Waals surface area (Å²) in [6.07, 6.45) is 23.4. The topological polar surface area (TPSA) is 46.9 Å². The van der Waals surface area contributed by atoms with E-state index < -0.39 is 0 Å². The van der Waals surface area contributed by atoms with Crippen LogP contribution in [-0.4, -0.2) is 15.5 Å². The normalized spacial score (nSPS) is 11.2. The third-order valence-electron chi connectivity index (χ3n) is 6.58. The van der Waals surface area contributed by atoms with Gasteiger partial charge >= 0.3 is 0 Å². The molecule has 2 aromatic rings. The van der Waals surface area contributed by atoms with Gasteiger partial charge in [0.25, 0.3) is 0 Å². The maximum absolute atomic E-state index is 11.6. The Bertz CT molecular complexity index is 795. The first kappa shape index (κ1) is 27.1. The van der Waals surface area contributed by atoms with Crippen LogP contribution < -0.4 is 5.32 Å². The summed E-state index contributed by atoms with van der Waals surface area (Å²) in [4.78, 5) is 16.3. The number of para-hydroxylation sites is 2. The van der Waals surface area contributed by atoms with E-state index in [1.165, 1.54) is 102 Å². The van der Waals surface area contributed by atoms with E-state index in [1.807, 2.05) is 12.1 Å². The maximum atomic E-state index is 11.6. The van der Waals surface area contributed by atoms with Gasteiger partial charge in [-0.1, -0.05) is 122 Å². The van der Waals surface area contributed by atoms with E-state index >= 15 is 0 Å². The van der Waals surface area contributed by atoms with Crippen molar-refractivity contribution in [1.82, 2.24) is 14.9 Å². The van der Waals surface area contributed by atoms with Crippen LogP contribution in [0.2, 0.25) is 0 Å². The lowest BCUT2D eigenvalue weighted by Gasteiger charge is -2.10. The highest BCUT2D eigenvalue weighted by molar-refractivity contribution is 5.86. The second kappa shape index (κ2) is 17.4. The highest BCUT2D eigenvalue weighted by atomic mass is 16.1. The van der Waals surface area contributed by atoms with Gasteiger partial charge in [0, 0.05) is 6.54 Å². The molecule has 0 aliphatic rings. The minimum atomic E-state index is -0.156. The molecule has 0 radical (unpaired) electrons. The summed E-state index contributed by atoms with van der Waals surface area (Å²) in [6, 6.07) is 8.23. The predicted octanol–water partition coefficient (Wildman–Crippen LogP) is 8.10. The smallest absolute Gasteiger partial charge is 0.243 e. The number of hydrogen-bond acceptors (Lipinski definition) is 2. The molecule has 0 unspecified atom stereocenters. The average Bonchev–Trinajstić information content (AvgIpc) is 3.19. The Morgan fingerprint density at radius 2 is 1.36 bits per heavy atom. The van der Waals surface area contributed by atoms with Gasteiger partial charge in [-0.2, -0.15) is 0 Å². The van der Waals surface area contributed by atoms with Crippen molar-refractivity contribution < 1.29 is 4.79 Å². The molecule has 1 heterocycles. The molecule has 0 saturated carbocycles. The summed E-state index contributed by atoms with van der Waals surface area (Å²) < 4.78 is 2.27. The molecule has 0 spiro atoms. The molecule has 0 aliphatic heterocycles. The number of carbonyl (C=O) groups is 1. The monoisotopic (exact) mass is 453 g/mol. The van der Waals surface area contributed by atoms with E-state index in [0.29, 0.717) is 6.54 Å². The number of nitrogens with zero attached hydrogens (tertiary/aromatic N) is 2. The number of imidazole rings is 1. The zero-order chi connectivity index (χ0) is 23.6. The van der Waals surface area contributed by atoms with Crippen molar-refractivity contribution in [2.75, 3.05) is 0 Å². The SMILES string of the molecule is C=CC(=O)NCc1nc2ccccc2n1CCCCCCCCCCCCCCCCCC. The summed E-state index contributed by atoms with van der Waals surface area (Å²) in [6.45, 7) is 7.21. The number of carbonyl (C=O) groups excluding carboxylic acids is 1. The fraction of sp³-hybridized carbons (Fsp3) is 0.655. The number of aromatic nitrogens is 2. The van der Waals surface area contributed by atoms with E-state index in [0.717, 1.165) is 29.8 Å². The first-order valence-electron chi connectivity index (χ1n) is 13.6. The van der Waals surface area contributed by atoms with Crippen LogP contribution in [0.25, 0.3) is 11.0 Å². The first-order chi connectivity index (χ1) is 16.3. The van der Waals surface area contributed by atoms with Gasteiger partial charge in [-0.05, 0) is 24.6 Å². The number of fused-ring (bicyclic) bond motifs is 1. The molecule has 184 valence electrons. The van der Waals surface area contributed by atoms with Gasteiger partial charge in [0.15, 0.2) is 0 Å². The van der Waals surface area contributed by atoms with Gasteiger partial charge in [0.1, 0.15) is 5.82 Å². The van der Waals surface area contributed by atoms with Gasteiger partial charge in [0.05, 0.1) is 17.6 Å². The number of benzene rings is 1. The maximum Gasteiger partial charge on any atom is 0.243 e. The van der Waals surface area contributed by atoms with Crippen LogP contribution in [0.1, 0.15) is 115 Å². The minimum Gasteiger partial charge on any atom is -0.345 e. The lowest BCUT2D eigenvalue weighted by Crippen LogP contribution is -2.22. The van der Waals surface area contributed by atoms with Gasteiger partial charge in [-0.3, -0.25) is 4.79 Å². The van der Waals surface area contributed by atoms with Crippen molar-refractivity contribution >= 4 is 16.9 Å². The molecule has 0 aliphatic carbocycles. The summed E-state index contributed by atoms with van der Waals surface area (Å²) in [5.74, 6) is 0.767. The zero-order valence-electron chi connectivity index (χ0n) is 21.1. The molecule has 2 rings (SSSR count). The highest BCUT2D eigenvalue weighted by Gasteiger charge is 2.10. The molecule has 1 aromatic carbocycles. The van der Waals surface area contributed by atoms with Gasteiger partial charge in [0.2, 0.25) is 5.91 Å². The van der Waals surface area contributed by atoms with E-state index in [9.17, 15) is 4.79 Å². The number of aryl methyl sites for hydroxylation is 1. The quantitative estimate of drug-likeness (QED) is 0.163. The molecule has 0 bridgehead atoms. The summed E-state index contributed by atoms with van der Waals surface area (Å²) in [5.41, 5.74) is 2.15. The molecular weight excluding hydrogens is 406 g/mol. The summed E-state index contributed by atoms with van der Waals surface area (Å²) >= 11 is 0. The molecule has 4 nitrogen and oxygen atoms in total. The minimum absolute atomic E-state index is 0.156. The van der Waals surface area contributed by atoms with Crippen LogP contribution in [0.15, 0.2) is 36.9 Å². The average molecular weight is 454 g/mol. The molecule has 33 heavy (non-hydrogen) atoms. The third kappa shape index (κ3) is 11.0. The predicted molar refractivity (Wildman–Crippen MR) is 141 cm³/mol. The van der Waals surface area contributed by atoms with Crippen molar-refractivity contribution in [3.63, 3.8) is 0 Å². The van der Waals surface area contributed by atoms with Crippen molar-refractivity contribution in [2.45, 2.75) is 123 Å². The van der Waals surface area contributed by atoms with Crippen molar-refractivity contribution in [3.05, 3.63) is 42.7 Å². The van der Waals surface area contributed by atoms with Gasteiger partial charge < -0.3 is 9.88 Å². The molecule has 0 fully saturated rings. The highest BCUT2D eigenvalue weighted by Crippen LogP contribution is 2.18. The van der Waals surface area contributed by atoms with Crippen molar-refractivity contribution in [1.29, 1.82) is 0 Å². The Hall–Kier alpha value is -2.10. The van der Waals surface area contributed by atoms with Crippen LogP contribution >= 0.6 is 0 Å². The fourth-order valence-electron chi connectivity index (χ4n) is 4.57. The van der Waals surface area contributed by atoms with Gasteiger partial charge in [-0.15, -0.1) is 0 Å². The standard InChI is InChI=1S/C29H47N3O/c1-3-5-6-7-8-9-10-11-12-13-14-15-16-17-18-21-24-32-27-23-20-19-22-26(27)31-28(32)25-30-29(33)4-2/h4,19-20,22-23H,2-3,5-18,21,24-25H2,1H3,(H,30,33). The van der Waals surface area contributed by atoms with E-state index in [2.05, 4.69) is 35.5 Å². The molecule has 0 atom stereocenters. The molecule has 4 heteroatoms. The summed E-state index contributed by atoms with van der Waals surface area (Å²) in [5, 5.41) is 2.87. The lowest BCUT2D eigenvalue weighted by molar-refractivity contribution is -0.116. The van der Waals surface area contributed by atoms with E-state index in [-0.39, 0.29) is 5.91 Å². The van der Waals surface area contributed by atoms with Crippen LogP contribution in [0, 0.1) is 0 Å². The Morgan fingerprint density at radius 1 is 0.848 bits per heavy atom. The lowest BCUT2D eigenvalue weighted by atomic mass is 10.0. The second-order valence-corrected chi connectivity index (χ2v) is 9.39. The van der Waals surface area contributed by atoms with Crippen molar-refractivity contribution in [2.24, 2.45) is 0 Å². The molecule has 0 saturated heterocycles. The van der Waals surface area contributed by atoms with Crippen LogP contribution in [0.4, 0.5) is 0 Å². The Morgan fingerprint density at radius 3 is 1.91 bits per heavy atom. The number of nitrogens with one attached hydrogen (secondary N) is 1. The largest absolute Gasteiger partial charge is 0.345 e. The Labute approximate surface area is 202 Å².